The molecule has 5 heteroatoms. The van der Waals surface area contributed by atoms with Crippen LogP contribution in [-0.4, -0.2) is 36.3 Å². The molecule has 0 bridgehead atoms. The van der Waals surface area contributed by atoms with E-state index < -0.39 is 0 Å². The summed E-state index contributed by atoms with van der Waals surface area (Å²) >= 11 is 0. The van der Waals surface area contributed by atoms with Gasteiger partial charge in [0.25, 0.3) is 0 Å². The van der Waals surface area contributed by atoms with Gasteiger partial charge in [0.15, 0.2) is 0 Å². The van der Waals surface area contributed by atoms with Crippen LogP contribution >= 0.6 is 0 Å². The Bertz CT molecular complexity index is 665. The van der Waals surface area contributed by atoms with Gasteiger partial charge in [-0.05, 0) is 69.1 Å². The summed E-state index contributed by atoms with van der Waals surface area (Å²) in [5, 5.41) is 2.84. The van der Waals surface area contributed by atoms with Crippen molar-refractivity contribution in [3.05, 3.63) is 29.5 Å². The van der Waals surface area contributed by atoms with Gasteiger partial charge in [-0.3, -0.25) is 4.79 Å². The topological polar surface area (TPSA) is 60.5 Å². The molecule has 1 aromatic rings. The van der Waals surface area contributed by atoms with E-state index >= 15 is 0 Å². The van der Waals surface area contributed by atoms with E-state index in [2.05, 4.69) is 29.4 Å². The van der Waals surface area contributed by atoms with E-state index in [0.717, 1.165) is 30.7 Å². The first-order chi connectivity index (χ1) is 12.5. The first kappa shape index (κ1) is 18.9. The van der Waals surface area contributed by atoms with Crippen LogP contribution in [0.15, 0.2) is 18.3 Å². The van der Waals surface area contributed by atoms with Crippen molar-refractivity contribution in [1.29, 1.82) is 0 Å². The number of aromatic nitrogens is 1. The molecule has 0 unspecified atom stereocenters. The number of carbonyl (C=O) groups excluding carboxylic acids is 1. The first-order valence-electron chi connectivity index (χ1n) is 9.69. The quantitative estimate of drug-likeness (QED) is 0.770. The maximum atomic E-state index is 11.0. The second kappa shape index (κ2) is 8.67. The van der Waals surface area contributed by atoms with E-state index in [0.29, 0.717) is 19.1 Å². The van der Waals surface area contributed by atoms with Crippen LogP contribution in [0, 0.1) is 12.8 Å². The van der Waals surface area contributed by atoms with Crippen molar-refractivity contribution in [1.82, 2.24) is 10.3 Å². The highest BCUT2D eigenvalue weighted by molar-refractivity contribution is 5.73. The van der Waals surface area contributed by atoms with Crippen LogP contribution in [0.25, 0.3) is 5.57 Å². The Kier molecular flexibility index (Phi) is 6.30. The lowest BCUT2D eigenvalue weighted by molar-refractivity contribution is -0.120. The number of nitrogens with one attached hydrogen (secondary N) is 1. The average Bonchev–Trinajstić information content (AvgIpc) is 3.07. The lowest BCUT2D eigenvalue weighted by Gasteiger charge is -2.35. The highest BCUT2D eigenvalue weighted by Gasteiger charge is 2.31. The number of pyridine rings is 1. The van der Waals surface area contributed by atoms with Crippen molar-refractivity contribution >= 4 is 11.5 Å². The molecule has 1 atom stereocenters. The van der Waals surface area contributed by atoms with Gasteiger partial charge in [-0.1, -0.05) is 6.08 Å². The second-order valence-electron chi connectivity index (χ2n) is 7.62. The molecule has 1 amide bonds. The molecule has 0 spiro atoms. The lowest BCUT2D eigenvalue weighted by atomic mass is 9.83. The van der Waals surface area contributed by atoms with Crippen molar-refractivity contribution in [3.63, 3.8) is 0 Å². The van der Waals surface area contributed by atoms with Gasteiger partial charge in [-0.2, -0.15) is 0 Å². The van der Waals surface area contributed by atoms with E-state index in [1.165, 1.54) is 30.9 Å². The summed E-state index contributed by atoms with van der Waals surface area (Å²) < 4.78 is 11.9. The Labute approximate surface area is 156 Å². The smallest absolute Gasteiger partial charge is 0.217 e. The zero-order valence-electron chi connectivity index (χ0n) is 16.1. The van der Waals surface area contributed by atoms with Crippen LogP contribution in [0.3, 0.4) is 0 Å². The van der Waals surface area contributed by atoms with E-state index in [9.17, 15) is 4.79 Å². The fourth-order valence-electron chi connectivity index (χ4n) is 3.74. The first-order valence-corrected chi connectivity index (χ1v) is 9.69. The summed E-state index contributed by atoms with van der Waals surface area (Å²) in [6.45, 7) is 6.85. The van der Waals surface area contributed by atoms with Gasteiger partial charge >= 0.3 is 0 Å². The van der Waals surface area contributed by atoms with Gasteiger partial charge in [0, 0.05) is 24.7 Å². The maximum absolute atomic E-state index is 11.0. The molecular weight excluding hydrogens is 328 g/mol. The number of rotatable bonds is 8. The molecular formula is C21H30N2O3. The molecule has 1 saturated carbocycles. The fraction of sp³-hybridized carbons (Fsp3) is 0.619. The Hall–Kier alpha value is -1.88. The SMILES string of the molecule is CC(=O)N[C@@H](C)COC1CC(COc2nccc(C3=CCCC3)c2C)C1. The molecule has 26 heavy (non-hydrogen) atoms. The van der Waals surface area contributed by atoms with Gasteiger partial charge in [-0.25, -0.2) is 4.98 Å². The number of hydrogen-bond acceptors (Lipinski definition) is 4. The number of carbonyl (C=O) groups is 1. The Morgan fingerprint density at radius 1 is 1.42 bits per heavy atom. The summed E-state index contributed by atoms with van der Waals surface area (Å²) in [6, 6.07) is 2.16. The van der Waals surface area contributed by atoms with Crippen molar-refractivity contribution in [2.24, 2.45) is 5.92 Å². The second-order valence-corrected chi connectivity index (χ2v) is 7.62. The van der Waals surface area contributed by atoms with Crippen molar-refractivity contribution < 1.29 is 14.3 Å². The highest BCUT2D eigenvalue weighted by atomic mass is 16.5. The molecule has 0 saturated heterocycles. The summed E-state index contributed by atoms with van der Waals surface area (Å²) in [5.41, 5.74) is 3.87. The molecule has 5 nitrogen and oxygen atoms in total. The third-order valence-electron chi connectivity index (χ3n) is 5.22. The molecule has 0 aromatic carbocycles. The van der Waals surface area contributed by atoms with Gasteiger partial charge in [0.05, 0.1) is 19.3 Å². The summed E-state index contributed by atoms with van der Waals surface area (Å²) in [6.07, 6.45) is 10.1. The molecule has 0 radical (unpaired) electrons. The minimum absolute atomic E-state index is 0.0144. The van der Waals surface area contributed by atoms with E-state index in [4.69, 9.17) is 9.47 Å². The highest BCUT2D eigenvalue weighted by Crippen LogP contribution is 2.34. The third kappa shape index (κ3) is 4.85. The monoisotopic (exact) mass is 358 g/mol. The fourth-order valence-corrected chi connectivity index (χ4v) is 3.74. The summed E-state index contributed by atoms with van der Waals surface area (Å²) in [5.74, 6) is 1.27. The van der Waals surface area contributed by atoms with Gasteiger partial charge in [0.1, 0.15) is 0 Å². The molecule has 2 aliphatic rings. The molecule has 1 heterocycles. The molecule has 3 rings (SSSR count). The normalized spacial score (nSPS) is 23.1. The third-order valence-corrected chi connectivity index (χ3v) is 5.22. The van der Waals surface area contributed by atoms with Crippen LogP contribution in [0.4, 0.5) is 0 Å². The van der Waals surface area contributed by atoms with Crippen molar-refractivity contribution in [3.8, 4) is 5.88 Å². The summed E-state index contributed by atoms with van der Waals surface area (Å²) in [4.78, 5) is 15.4. The lowest BCUT2D eigenvalue weighted by Crippen LogP contribution is -2.40. The van der Waals surface area contributed by atoms with Crippen LogP contribution in [0.5, 0.6) is 5.88 Å². The molecule has 1 fully saturated rings. The Balaban J connectivity index is 1.41. The molecule has 2 aliphatic carbocycles. The number of ether oxygens (including phenoxy) is 2. The van der Waals surface area contributed by atoms with Gasteiger partial charge in [0.2, 0.25) is 11.8 Å². The van der Waals surface area contributed by atoms with Crippen LogP contribution in [0.1, 0.15) is 57.1 Å². The van der Waals surface area contributed by atoms with Crippen LogP contribution < -0.4 is 10.1 Å². The number of allylic oxidation sites excluding steroid dienone is 2. The van der Waals surface area contributed by atoms with Crippen LogP contribution in [0.2, 0.25) is 0 Å². The van der Waals surface area contributed by atoms with Crippen LogP contribution in [-0.2, 0) is 9.53 Å². The number of nitrogens with zero attached hydrogens (tertiary/aromatic N) is 1. The zero-order chi connectivity index (χ0) is 18.5. The Morgan fingerprint density at radius 2 is 2.23 bits per heavy atom. The van der Waals surface area contributed by atoms with Gasteiger partial charge < -0.3 is 14.8 Å². The van der Waals surface area contributed by atoms with E-state index in [1.807, 2.05) is 13.1 Å². The summed E-state index contributed by atoms with van der Waals surface area (Å²) in [7, 11) is 0. The number of amides is 1. The van der Waals surface area contributed by atoms with Gasteiger partial charge in [-0.15, -0.1) is 0 Å². The largest absolute Gasteiger partial charge is 0.477 e. The average molecular weight is 358 g/mol. The minimum Gasteiger partial charge on any atom is -0.477 e. The molecule has 1 aromatic heterocycles. The minimum atomic E-state index is -0.0144. The Morgan fingerprint density at radius 3 is 2.92 bits per heavy atom. The predicted molar refractivity (Wildman–Crippen MR) is 102 cm³/mol. The molecule has 1 N–H and O–H groups in total. The molecule has 0 aliphatic heterocycles. The zero-order valence-corrected chi connectivity index (χ0v) is 16.1. The van der Waals surface area contributed by atoms with Crippen molar-refractivity contribution in [2.75, 3.05) is 13.2 Å². The van der Waals surface area contributed by atoms with E-state index in [1.54, 1.807) is 0 Å². The number of hydrogen-bond donors (Lipinski definition) is 1. The van der Waals surface area contributed by atoms with E-state index in [-0.39, 0.29) is 18.1 Å². The predicted octanol–water partition coefficient (Wildman–Crippen LogP) is 3.66. The standard InChI is InChI=1S/C21H30N2O3/c1-14(23-16(3)24)12-25-19-10-17(11-19)13-26-21-15(2)20(8-9-22-21)18-6-4-5-7-18/h6,8-9,14,17,19H,4-5,7,10-13H2,1-3H3,(H,23,24)/t14-,17?,19?/m0/s1. The van der Waals surface area contributed by atoms with Crippen molar-refractivity contribution in [2.45, 2.75) is 65.0 Å². The molecule has 142 valence electrons. The maximum Gasteiger partial charge on any atom is 0.217 e.